The van der Waals surface area contributed by atoms with Crippen LogP contribution in [0.3, 0.4) is 0 Å². The monoisotopic (exact) mass is 737 g/mol. The highest BCUT2D eigenvalue weighted by atomic mass is 16.6. The zero-order valence-electron chi connectivity index (χ0n) is 33.2. The predicted octanol–water partition coefficient (Wildman–Crippen LogP) is 7.74. The number of hydrogen-bond donors (Lipinski definition) is 0. The molecule has 11 nitrogen and oxygen atoms in total. The molecule has 0 saturated carbocycles. The molecule has 0 saturated heterocycles. The second-order valence-corrected chi connectivity index (χ2v) is 12.8. The molecule has 0 aliphatic carbocycles. The molecular formula is C40H80O11. The van der Waals surface area contributed by atoms with Gasteiger partial charge in [0.05, 0.1) is 112 Å². The Morgan fingerprint density at radius 1 is 0.275 bits per heavy atom. The Morgan fingerprint density at radius 2 is 0.510 bits per heavy atom. The van der Waals surface area contributed by atoms with Crippen molar-refractivity contribution >= 4 is 5.97 Å². The quantitative estimate of drug-likeness (QED) is 0.0452. The smallest absolute Gasteiger partial charge is 0.305 e. The first-order valence-electron chi connectivity index (χ1n) is 20.7. The minimum Gasteiger partial charge on any atom is -0.463 e. The van der Waals surface area contributed by atoms with Crippen LogP contribution in [0.25, 0.3) is 0 Å². The van der Waals surface area contributed by atoms with E-state index in [1.807, 2.05) is 0 Å². The summed E-state index contributed by atoms with van der Waals surface area (Å²) in [6, 6.07) is 0. The standard InChI is InChI=1S/C40H80O11/c1-3-5-7-9-10-11-12-13-14-15-16-17-18-20-40(41)51-39-38-50-37-36-49-35-34-48-33-32-47-31-30-46-29-28-45-27-26-44-25-24-43-23-22-42-21-19-8-6-4-2/h3-39H2,1-2H3. The molecule has 0 amide bonds. The highest BCUT2D eigenvalue weighted by Crippen LogP contribution is 2.13. The largest absolute Gasteiger partial charge is 0.463 e. The van der Waals surface area contributed by atoms with Gasteiger partial charge in [-0.05, 0) is 12.8 Å². The average molecular weight is 737 g/mol. The van der Waals surface area contributed by atoms with Crippen LogP contribution in [0.1, 0.15) is 129 Å². The Bertz CT molecular complexity index is 642. The van der Waals surface area contributed by atoms with E-state index in [0.29, 0.717) is 125 Å². The molecule has 0 rings (SSSR count). The number of ether oxygens (including phenoxy) is 10. The zero-order valence-corrected chi connectivity index (χ0v) is 33.2. The van der Waals surface area contributed by atoms with Crippen molar-refractivity contribution in [3.8, 4) is 0 Å². The Labute approximate surface area is 312 Å². The normalized spacial score (nSPS) is 11.5. The highest BCUT2D eigenvalue weighted by Gasteiger charge is 2.03. The maximum Gasteiger partial charge on any atom is 0.305 e. The molecule has 0 bridgehead atoms. The molecule has 0 aromatic carbocycles. The van der Waals surface area contributed by atoms with Crippen molar-refractivity contribution in [2.24, 2.45) is 0 Å². The van der Waals surface area contributed by atoms with Crippen molar-refractivity contribution in [3.63, 3.8) is 0 Å². The van der Waals surface area contributed by atoms with Crippen molar-refractivity contribution in [2.75, 3.05) is 126 Å². The molecule has 0 aromatic rings. The number of carbonyl (C=O) groups excluding carboxylic acids is 1. The van der Waals surface area contributed by atoms with Gasteiger partial charge in [0.1, 0.15) is 6.61 Å². The first-order chi connectivity index (χ1) is 25.3. The van der Waals surface area contributed by atoms with Gasteiger partial charge < -0.3 is 47.4 Å². The van der Waals surface area contributed by atoms with Gasteiger partial charge in [0.2, 0.25) is 0 Å². The van der Waals surface area contributed by atoms with Crippen LogP contribution in [0, 0.1) is 0 Å². The van der Waals surface area contributed by atoms with Gasteiger partial charge in [0, 0.05) is 13.0 Å². The summed E-state index contributed by atoms with van der Waals surface area (Å²) in [4.78, 5) is 11.9. The van der Waals surface area contributed by atoms with E-state index >= 15 is 0 Å². The van der Waals surface area contributed by atoms with E-state index < -0.39 is 0 Å². The van der Waals surface area contributed by atoms with Crippen molar-refractivity contribution in [2.45, 2.75) is 129 Å². The molecule has 0 N–H and O–H groups in total. The summed E-state index contributed by atoms with van der Waals surface area (Å²) in [5.74, 6) is -0.128. The van der Waals surface area contributed by atoms with Crippen LogP contribution in [0.15, 0.2) is 0 Å². The minimum atomic E-state index is -0.128. The maximum atomic E-state index is 11.9. The van der Waals surface area contributed by atoms with Gasteiger partial charge in [-0.25, -0.2) is 0 Å². The number of rotatable bonds is 46. The lowest BCUT2D eigenvalue weighted by Gasteiger charge is -2.09. The lowest BCUT2D eigenvalue weighted by molar-refractivity contribution is -0.145. The number of esters is 1. The summed E-state index contributed by atoms with van der Waals surface area (Å²) in [7, 11) is 0. The lowest BCUT2D eigenvalue weighted by atomic mass is 10.0. The van der Waals surface area contributed by atoms with Crippen molar-refractivity contribution in [1.82, 2.24) is 0 Å². The van der Waals surface area contributed by atoms with Crippen LogP contribution in [0.4, 0.5) is 0 Å². The molecule has 0 fully saturated rings. The fourth-order valence-electron chi connectivity index (χ4n) is 5.07. The van der Waals surface area contributed by atoms with E-state index in [1.165, 1.54) is 89.9 Å². The third kappa shape index (κ3) is 47.1. The summed E-state index contributed by atoms with van der Waals surface area (Å²) < 4.78 is 54.7. The second kappa shape index (κ2) is 47.1. The van der Waals surface area contributed by atoms with Crippen LogP contribution < -0.4 is 0 Å². The van der Waals surface area contributed by atoms with Crippen LogP contribution in [0.5, 0.6) is 0 Å². The van der Waals surface area contributed by atoms with Crippen molar-refractivity contribution in [3.05, 3.63) is 0 Å². The molecule has 0 heterocycles. The molecule has 306 valence electrons. The van der Waals surface area contributed by atoms with E-state index in [9.17, 15) is 4.79 Å². The molecule has 0 spiro atoms. The van der Waals surface area contributed by atoms with Gasteiger partial charge in [-0.15, -0.1) is 0 Å². The molecule has 0 aromatic heterocycles. The van der Waals surface area contributed by atoms with Crippen LogP contribution >= 0.6 is 0 Å². The van der Waals surface area contributed by atoms with Crippen molar-refractivity contribution < 1.29 is 52.2 Å². The predicted molar refractivity (Wildman–Crippen MR) is 203 cm³/mol. The molecule has 0 unspecified atom stereocenters. The fourth-order valence-corrected chi connectivity index (χ4v) is 5.07. The molecule has 51 heavy (non-hydrogen) atoms. The summed E-state index contributed by atoms with van der Waals surface area (Å²) in [6.45, 7) is 14.4. The SMILES string of the molecule is CCCCCCCCCCCCCCCC(=O)OCCOCCOCCOCCOCCOCCOCCOCCOCCOCCCCCC. The number of unbranched alkanes of at least 4 members (excludes halogenated alkanes) is 15. The van der Waals surface area contributed by atoms with Crippen LogP contribution in [0.2, 0.25) is 0 Å². The molecule has 0 atom stereocenters. The first-order valence-corrected chi connectivity index (χ1v) is 20.7. The lowest BCUT2D eigenvalue weighted by Crippen LogP contribution is -2.15. The van der Waals surface area contributed by atoms with Gasteiger partial charge in [-0.2, -0.15) is 0 Å². The van der Waals surface area contributed by atoms with Gasteiger partial charge in [-0.3, -0.25) is 4.79 Å². The van der Waals surface area contributed by atoms with Gasteiger partial charge in [0.25, 0.3) is 0 Å². The third-order valence-corrected chi connectivity index (χ3v) is 8.09. The third-order valence-electron chi connectivity index (χ3n) is 8.09. The van der Waals surface area contributed by atoms with Gasteiger partial charge >= 0.3 is 5.97 Å². The molecule has 11 heteroatoms. The number of carbonyl (C=O) groups is 1. The van der Waals surface area contributed by atoms with E-state index in [-0.39, 0.29) is 5.97 Å². The average Bonchev–Trinajstić information content (AvgIpc) is 3.14. The van der Waals surface area contributed by atoms with E-state index in [2.05, 4.69) is 13.8 Å². The number of hydrogen-bond acceptors (Lipinski definition) is 11. The highest BCUT2D eigenvalue weighted by molar-refractivity contribution is 5.69. The van der Waals surface area contributed by atoms with E-state index in [1.54, 1.807) is 0 Å². The fraction of sp³-hybridized carbons (Fsp3) is 0.975. The Morgan fingerprint density at radius 3 is 0.824 bits per heavy atom. The molecule has 0 aliphatic rings. The molecular weight excluding hydrogens is 656 g/mol. The summed E-state index contributed by atoms with van der Waals surface area (Å²) in [6.07, 6.45) is 22.3. The topological polar surface area (TPSA) is 109 Å². The Kier molecular flexibility index (Phi) is 46.3. The van der Waals surface area contributed by atoms with E-state index in [4.69, 9.17) is 47.4 Å². The second-order valence-electron chi connectivity index (χ2n) is 12.8. The van der Waals surface area contributed by atoms with Crippen molar-refractivity contribution in [1.29, 1.82) is 0 Å². The zero-order chi connectivity index (χ0) is 36.8. The molecule has 0 radical (unpaired) electrons. The Hall–Kier alpha value is -0.890. The summed E-state index contributed by atoms with van der Waals surface area (Å²) in [5, 5.41) is 0. The van der Waals surface area contributed by atoms with Gasteiger partial charge in [0.15, 0.2) is 0 Å². The first kappa shape index (κ1) is 50.1. The van der Waals surface area contributed by atoms with Gasteiger partial charge in [-0.1, -0.05) is 110 Å². The maximum absolute atomic E-state index is 11.9. The molecule has 0 aliphatic heterocycles. The Balaban J connectivity index is 3.12. The van der Waals surface area contributed by atoms with Crippen LogP contribution in [-0.2, 0) is 52.2 Å². The van der Waals surface area contributed by atoms with Crippen LogP contribution in [-0.4, -0.2) is 132 Å². The summed E-state index contributed by atoms with van der Waals surface area (Å²) in [5.41, 5.74) is 0. The summed E-state index contributed by atoms with van der Waals surface area (Å²) >= 11 is 0. The van der Waals surface area contributed by atoms with E-state index in [0.717, 1.165) is 25.9 Å². The minimum absolute atomic E-state index is 0.128.